The Kier molecular flexibility index (Phi) is 9.44. The lowest BCUT2D eigenvalue weighted by Crippen LogP contribution is -2.50. The van der Waals surface area contributed by atoms with Crippen LogP contribution in [0.25, 0.3) is 32.0 Å². The van der Waals surface area contributed by atoms with Gasteiger partial charge in [0.1, 0.15) is 44.4 Å². The molecule has 1 aromatic carbocycles. The van der Waals surface area contributed by atoms with Crippen LogP contribution in [0.5, 0.6) is 11.6 Å². The number of benzene rings is 1. The third kappa shape index (κ3) is 6.22. The highest BCUT2D eigenvalue weighted by Gasteiger charge is 2.31. The Bertz CT molecular complexity index is 2080. The highest BCUT2D eigenvalue weighted by molar-refractivity contribution is 7.21. The molecule has 1 aliphatic rings. The summed E-state index contributed by atoms with van der Waals surface area (Å²) in [6.07, 6.45) is 4.88. The molecule has 250 valence electrons. The molecular formula is C34H37N7O6S. The number of amides is 2. The van der Waals surface area contributed by atoms with Gasteiger partial charge in [0.05, 0.1) is 7.11 Å². The van der Waals surface area contributed by atoms with Gasteiger partial charge in [-0.15, -0.1) is 0 Å². The summed E-state index contributed by atoms with van der Waals surface area (Å²) in [6.45, 7) is 9.81. The molecule has 0 spiro atoms. The molecule has 1 fully saturated rings. The van der Waals surface area contributed by atoms with Crippen molar-refractivity contribution in [1.29, 1.82) is 0 Å². The topological polar surface area (TPSA) is 156 Å². The zero-order valence-corrected chi connectivity index (χ0v) is 27.9. The van der Waals surface area contributed by atoms with Gasteiger partial charge in [0.25, 0.3) is 5.91 Å². The largest absolute Gasteiger partial charge is 0.507 e. The van der Waals surface area contributed by atoms with Gasteiger partial charge in [0, 0.05) is 56.2 Å². The summed E-state index contributed by atoms with van der Waals surface area (Å²) in [4.78, 5) is 58.5. The van der Waals surface area contributed by atoms with Crippen LogP contribution >= 0.6 is 11.3 Å². The van der Waals surface area contributed by atoms with Gasteiger partial charge < -0.3 is 33.9 Å². The van der Waals surface area contributed by atoms with Gasteiger partial charge in [-0.2, -0.15) is 0 Å². The molecule has 0 radical (unpaired) electrons. The van der Waals surface area contributed by atoms with E-state index in [4.69, 9.17) is 14.1 Å². The number of carbonyl (C=O) groups is 2. The second-order valence-corrected chi connectivity index (χ2v) is 12.4. The summed E-state index contributed by atoms with van der Waals surface area (Å²) in [5, 5.41) is 14.1. The summed E-state index contributed by atoms with van der Waals surface area (Å²) in [5.41, 5.74) is 3.79. The average Bonchev–Trinajstić information content (AvgIpc) is 3.77. The molecule has 0 aliphatic carbocycles. The number of methoxy groups -OCH3 is 1. The zero-order valence-electron chi connectivity index (χ0n) is 27.1. The Labute approximate surface area is 280 Å². The molecule has 5 aromatic rings. The minimum atomic E-state index is -0.377. The maximum absolute atomic E-state index is 14.3. The van der Waals surface area contributed by atoms with Gasteiger partial charge >= 0.3 is 0 Å². The lowest BCUT2D eigenvalue weighted by molar-refractivity contribution is -0.121. The summed E-state index contributed by atoms with van der Waals surface area (Å²) in [7, 11) is 1.53. The van der Waals surface area contributed by atoms with E-state index < -0.39 is 0 Å². The molecule has 0 saturated carbocycles. The van der Waals surface area contributed by atoms with Crippen LogP contribution in [-0.2, 0) is 17.8 Å². The second kappa shape index (κ2) is 13.9. The van der Waals surface area contributed by atoms with Gasteiger partial charge in [-0.1, -0.05) is 37.3 Å². The molecule has 1 saturated heterocycles. The van der Waals surface area contributed by atoms with Crippen LogP contribution in [0.4, 0.5) is 5.69 Å². The molecule has 0 atom stereocenters. The summed E-state index contributed by atoms with van der Waals surface area (Å²) >= 11 is 1.34. The summed E-state index contributed by atoms with van der Waals surface area (Å²) < 4.78 is 12.6. The van der Waals surface area contributed by atoms with Crippen molar-refractivity contribution in [2.75, 3.05) is 44.7 Å². The SMILES string of the molecule is C=C(CC)CCNC(=O)Cn1c(CC)c(N2CCN(C(=O)c3c(O)ccc4ncoc34)CC2)c(=O)c2nc(-c3ccnc(OC)c3)sc21. The fourth-order valence-corrected chi connectivity index (χ4v) is 7.02. The first-order valence-corrected chi connectivity index (χ1v) is 16.6. The number of nitrogens with one attached hydrogen (secondary N) is 1. The number of rotatable bonds is 11. The van der Waals surface area contributed by atoms with Crippen molar-refractivity contribution >= 4 is 50.3 Å². The molecule has 2 amide bonds. The number of aromatic hydroxyl groups is 1. The van der Waals surface area contributed by atoms with Gasteiger partial charge in [0.2, 0.25) is 17.2 Å². The number of oxazole rings is 1. The average molecular weight is 672 g/mol. The molecule has 48 heavy (non-hydrogen) atoms. The minimum Gasteiger partial charge on any atom is -0.507 e. The summed E-state index contributed by atoms with van der Waals surface area (Å²) in [6, 6.07) is 6.58. The molecule has 2 N–H and O–H groups in total. The molecule has 0 bridgehead atoms. The summed E-state index contributed by atoms with van der Waals surface area (Å²) in [5.74, 6) is -0.318. The van der Waals surface area contributed by atoms with E-state index >= 15 is 0 Å². The molecule has 13 nitrogen and oxygen atoms in total. The molecule has 1 aliphatic heterocycles. The minimum absolute atomic E-state index is 0.00572. The lowest BCUT2D eigenvalue weighted by Gasteiger charge is -2.37. The normalized spacial score (nSPS) is 13.3. The number of pyridine rings is 2. The van der Waals surface area contributed by atoms with E-state index in [-0.39, 0.29) is 46.2 Å². The first-order valence-electron chi connectivity index (χ1n) is 15.8. The van der Waals surface area contributed by atoms with Crippen molar-refractivity contribution in [3.8, 4) is 22.2 Å². The van der Waals surface area contributed by atoms with Crippen LogP contribution in [0.15, 0.2) is 58.2 Å². The van der Waals surface area contributed by atoms with E-state index in [1.807, 2.05) is 23.3 Å². The first-order chi connectivity index (χ1) is 23.2. The Morgan fingerprint density at radius 3 is 2.67 bits per heavy atom. The van der Waals surface area contributed by atoms with Crippen LogP contribution in [0.1, 0.15) is 42.7 Å². The fraction of sp³-hybridized carbons (Fsp3) is 0.353. The van der Waals surface area contributed by atoms with E-state index in [9.17, 15) is 19.5 Å². The Morgan fingerprint density at radius 2 is 1.94 bits per heavy atom. The number of hydrogen-bond donors (Lipinski definition) is 2. The second-order valence-electron chi connectivity index (χ2n) is 11.5. The molecule has 6 rings (SSSR count). The number of aromatic nitrogens is 4. The standard InChI is InChI=1S/C34H37N7O6S/c1-5-20(3)9-11-35-25(43)18-41-23(6-2)29(30(44)28-34(41)48-32(38-28)21-10-12-36-26(17-21)46-4)39-13-15-40(16-14-39)33(45)27-24(42)8-7-22-31(27)47-19-37-22/h7-8,10,12,17,19,42H,3,5-6,9,11,13-16,18H2,1-2,4H3,(H,35,43). The smallest absolute Gasteiger partial charge is 0.261 e. The first kappa shape index (κ1) is 32.7. The van der Waals surface area contributed by atoms with Gasteiger partial charge in [-0.25, -0.2) is 15.0 Å². The predicted octanol–water partition coefficient (Wildman–Crippen LogP) is 4.37. The van der Waals surface area contributed by atoms with Crippen LogP contribution in [0, 0.1) is 0 Å². The molecule has 14 heteroatoms. The van der Waals surface area contributed by atoms with Gasteiger partial charge in [-0.05, 0) is 37.5 Å². The maximum Gasteiger partial charge on any atom is 0.261 e. The molecule has 0 unspecified atom stereocenters. The zero-order chi connectivity index (χ0) is 33.9. The number of thiazole rings is 1. The van der Waals surface area contributed by atoms with Crippen LogP contribution in [0.2, 0.25) is 0 Å². The van der Waals surface area contributed by atoms with Crippen molar-refractivity contribution in [1.82, 2.24) is 29.7 Å². The van der Waals surface area contributed by atoms with Crippen molar-refractivity contribution < 1.29 is 23.8 Å². The maximum atomic E-state index is 14.3. The number of phenolic OH excluding ortho intramolecular Hbond substituents is 1. The van der Waals surface area contributed by atoms with Crippen molar-refractivity contribution in [2.24, 2.45) is 0 Å². The van der Waals surface area contributed by atoms with E-state index in [0.29, 0.717) is 78.2 Å². The molecule has 5 heterocycles. The van der Waals surface area contributed by atoms with Crippen molar-refractivity contribution in [2.45, 2.75) is 39.7 Å². The highest BCUT2D eigenvalue weighted by Crippen LogP contribution is 2.34. The fourth-order valence-electron chi connectivity index (χ4n) is 5.94. The monoisotopic (exact) mass is 671 g/mol. The van der Waals surface area contributed by atoms with Crippen LogP contribution in [-0.4, -0.2) is 81.2 Å². The van der Waals surface area contributed by atoms with E-state index in [2.05, 4.69) is 21.9 Å². The number of carbonyl (C=O) groups excluding carboxylic acids is 2. The Hall–Kier alpha value is -5.24. The third-order valence-corrected chi connectivity index (χ3v) is 9.71. The third-order valence-electron chi connectivity index (χ3n) is 8.59. The number of ether oxygens (including phenoxy) is 1. The van der Waals surface area contributed by atoms with Gasteiger partial charge in [-0.3, -0.25) is 14.4 Å². The van der Waals surface area contributed by atoms with Crippen LogP contribution in [0.3, 0.4) is 0 Å². The van der Waals surface area contributed by atoms with Crippen molar-refractivity contribution in [3.05, 3.63) is 70.5 Å². The highest BCUT2D eigenvalue weighted by atomic mass is 32.1. The number of hydrogen-bond acceptors (Lipinski definition) is 11. The van der Waals surface area contributed by atoms with E-state index in [1.54, 1.807) is 29.3 Å². The Balaban J connectivity index is 1.35. The predicted molar refractivity (Wildman–Crippen MR) is 184 cm³/mol. The quantitative estimate of drug-likeness (QED) is 0.193. The van der Waals surface area contributed by atoms with Crippen LogP contribution < -0.4 is 20.4 Å². The van der Waals surface area contributed by atoms with E-state index in [0.717, 1.165) is 17.6 Å². The number of nitrogens with zero attached hydrogens (tertiary/aromatic N) is 6. The lowest BCUT2D eigenvalue weighted by atomic mass is 10.1. The van der Waals surface area contributed by atoms with Crippen molar-refractivity contribution in [3.63, 3.8) is 0 Å². The number of phenols is 1. The van der Waals surface area contributed by atoms with Gasteiger partial charge in [0.15, 0.2) is 12.0 Å². The Morgan fingerprint density at radius 1 is 1.15 bits per heavy atom. The number of fused-ring (bicyclic) bond motifs is 2. The number of anilines is 1. The van der Waals surface area contributed by atoms with E-state index in [1.165, 1.54) is 30.9 Å². The molecule has 4 aromatic heterocycles. The number of piperazine rings is 1. The molecular weight excluding hydrogens is 634 g/mol.